The Kier molecular flexibility index (Phi) is 4.61. The van der Waals surface area contributed by atoms with Gasteiger partial charge in [0.05, 0.1) is 12.5 Å². The number of hydrogen-bond donors (Lipinski definition) is 2. The summed E-state index contributed by atoms with van der Waals surface area (Å²) in [4.78, 5) is 16.8. The van der Waals surface area contributed by atoms with Crippen molar-refractivity contribution in [2.24, 2.45) is 0 Å². The Morgan fingerprint density at radius 1 is 1.23 bits per heavy atom. The number of anilines is 1. The molecule has 1 atom stereocenters. The van der Waals surface area contributed by atoms with Crippen molar-refractivity contribution in [3.8, 4) is 11.4 Å². The maximum absolute atomic E-state index is 12.7. The maximum Gasteiger partial charge on any atom is 0.226 e. The lowest BCUT2D eigenvalue weighted by molar-refractivity contribution is -0.116. The number of benzene rings is 1. The number of carbonyl (C=O) groups is 1. The molecule has 0 unspecified atom stereocenters. The Morgan fingerprint density at radius 3 is 2.85 bits per heavy atom. The molecule has 3 aromatic heterocycles. The highest BCUT2D eigenvalue weighted by molar-refractivity contribution is 7.08. The summed E-state index contributed by atoms with van der Waals surface area (Å²) >= 11 is 1.64. The summed E-state index contributed by atoms with van der Waals surface area (Å²) < 4.78 is 2.06. The second-order valence-corrected chi connectivity index (χ2v) is 6.65. The first-order valence-electron chi connectivity index (χ1n) is 8.20. The summed E-state index contributed by atoms with van der Waals surface area (Å²) in [7, 11) is 0. The van der Waals surface area contributed by atoms with Crippen molar-refractivity contribution < 1.29 is 4.79 Å². The molecule has 0 fully saturated rings. The molecule has 0 saturated heterocycles. The van der Waals surface area contributed by atoms with Gasteiger partial charge in [-0.05, 0) is 46.7 Å². The number of aromatic nitrogens is 4. The molecule has 130 valence electrons. The molecule has 0 bridgehead atoms. The number of rotatable bonds is 6. The molecule has 0 aliphatic rings. The molecule has 4 rings (SSSR count). The molecule has 6 nitrogen and oxygen atoms in total. The van der Waals surface area contributed by atoms with Crippen molar-refractivity contribution in [2.75, 3.05) is 5.32 Å². The Bertz CT molecular complexity index is 927. The highest BCUT2D eigenvalue weighted by Crippen LogP contribution is 2.25. The van der Waals surface area contributed by atoms with Crippen LogP contribution in [-0.2, 0) is 4.79 Å². The van der Waals surface area contributed by atoms with E-state index >= 15 is 0 Å². The number of aromatic amines is 1. The normalized spacial score (nSPS) is 12.0. The van der Waals surface area contributed by atoms with Crippen LogP contribution in [0.2, 0.25) is 0 Å². The molecule has 0 saturated carbocycles. The van der Waals surface area contributed by atoms with E-state index in [0.717, 1.165) is 16.8 Å². The zero-order valence-electron chi connectivity index (χ0n) is 13.9. The Hall–Kier alpha value is -3.19. The standard InChI is InChI=1S/C19H17N5OS/c25-18(11-17(15-6-9-26-12-15)24-7-1-2-8-24)22-16-5-3-4-14(10-16)19-20-13-21-23-19/h1-10,12-13,17H,11H2,(H,22,25)(H,20,21,23)/t17-/m0/s1. The first-order chi connectivity index (χ1) is 12.8. The first kappa shape index (κ1) is 16.3. The Morgan fingerprint density at radius 2 is 2.12 bits per heavy atom. The van der Waals surface area contributed by atoms with E-state index in [1.807, 2.05) is 54.2 Å². The number of nitrogens with one attached hydrogen (secondary N) is 2. The minimum atomic E-state index is -0.0374. The molecule has 4 aromatic rings. The van der Waals surface area contributed by atoms with E-state index in [4.69, 9.17) is 0 Å². The predicted octanol–water partition coefficient (Wildman–Crippen LogP) is 3.95. The van der Waals surface area contributed by atoms with Gasteiger partial charge in [0.2, 0.25) is 5.91 Å². The lowest BCUT2D eigenvalue weighted by Gasteiger charge is -2.18. The van der Waals surface area contributed by atoms with Crippen molar-refractivity contribution >= 4 is 22.9 Å². The van der Waals surface area contributed by atoms with E-state index in [1.165, 1.54) is 6.33 Å². The first-order valence-corrected chi connectivity index (χ1v) is 9.14. The number of nitrogens with zero attached hydrogens (tertiary/aromatic N) is 3. The van der Waals surface area contributed by atoms with Crippen LogP contribution in [0.1, 0.15) is 18.0 Å². The van der Waals surface area contributed by atoms with Crippen LogP contribution >= 0.6 is 11.3 Å². The van der Waals surface area contributed by atoms with Gasteiger partial charge in [0, 0.05) is 23.6 Å². The lowest BCUT2D eigenvalue weighted by Crippen LogP contribution is -2.19. The van der Waals surface area contributed by atoms with Gasteiger partial charge < -0.3 is 9.88 Å². The van der Waals surface area contributed by atoms with E-state index in [-0.39, 0.29) is 11.9 Å². The quantitative estimate of drug-likeness (QED) is 0.544. The number of H-pyrrole nitrogens is 1. The van der Waals surface area contributed by atoms with Gasteiger partial charge in [0.25, 0.3) is 0 Å². The average molecular weight is 363 g/mol. The minimum Gasteiger partial charge on any atom is -0.346 e. The van der Waals surface area contributed by atoms with Crippen LogP contribution in [-0.4, -0.2) is 25.7 Å². The zero-order valence-corrected chi connectivity index (χ0v) is 14.7. The predicted molar refractivity (Wildman–Crippen MR) is 102 cm³/mol. The third kappa shape index (κ3) is 3.57. The van der Waals surface area contributed by atoms with Gasteiger partial charge in [-0.15, -0.1) is 0 Å². The number of hydrogen-bond acceptors (Lipinski definition) is 4. The van der Waals surface area contributed by atoms with Crippen LogP contribution in [0.25, 0.3) is 11.4 Å². The summed E-state index contributed by atoms with van der Waals surface area (Å²) in [6, 6.07) is 13.5. The van der Waals surface area contributed by atoms with Crippen molar-refractivity contribution in [3.05, 3.63) is 77.5 Å². The Balaban J connectivity index is 1.50. The molecule has 7 heteroatoms. The van der Waals surface area contributed by atoms with Crippen LogP contribution in [0, 0.1) is 0 Å². The zero-order chi connectivity index (χ0) is 17.8. The fourth-order valence-electron chi connectivity index (χ4n) is 2.89. The molecular formula is C19H17N5OS. The fraction of sp³-hybridized carbons (Fsp3) is 0.105. The maximum atomic E-state index is 12.7. The molecule has 0 aliphatic heterocycles. The van der Waals surface area contributed by atoms with E-state index in [0.29, 0.717) is 12.2 Å². The molecule has 0 radical (unpaired) electrons. The molecule has 0 spiro atoms. The van der Waals surface area contributed by atoms with Crippen LogP contribution in [0.3, 0.4) is 0 Å². The number of carbonyl (C=O) groups excluding carboxylic acids is 1. The van der Waals surface area contributed by atoms with E-state index in [1.54, 1.807) is 11.3 Å². The molecule has 2 N–H and O–H groups in total. The molecule has 26 heavy (non-hydrogen) atoms. The summed E-state index contributed by atoms with van der Waals surface area (Å²) in [5.74, 6) is 0.634. The highest BCUT2D eigenvalue weighted by atomic mass is 32.1. The van der Waals surface area contributed by atoms with Gasteiger partial charge in [-0.3, -0.25) is 9.89 Å². The van der Waals surface area contributed by atoms with Crippen LogP contribution in [0.15, 0.2) is 71.9 Å². The van der Waals surface area contributed by atoms with E-state index in [2.05, 4.69) is 36.5 Å². The monoisotopic (exact) mass is 363 g/mol. The van der Waals surface area contributed by atoms with Crippen LogP contribution in [0.4, 0.5) is 5.69 Å². The third-order valence-electron chi connectivity index (χ3n) is 4.13. The number of amides is 1. The number of thiophene rings is 1. The van der Waals surface area contributed by atoms with Gasteiger partial charge in [-0.25, -0.2) is 4.98 Å². The highest BCUT2D eigenvalue weighted by Gasteiger charge is 2.18. The van der Waals surface area contributed by atoms with E-state index < -0.39 is 0 Å². The lowest BCUT2D eigenvalue weighted by atomic mass is 10.1. The summed E-state index contributed by atoms with van der Waals surface area (Å²) in [5, 5.41) is 13.8. The van der Waals surface area contributed by atoms with Crippen LogP contribution < -0.4 is 5.32 Å². The van der Waals surface area contributed by atoms with Gasteiger partial charge in [-0.1, -0.05) is 12.1 Å². The second kappa shape index (κ2) is 7.37. The van der Waals surface area contributed by atoms with Crippen LogP contribution in [0.5, 0.6) is 0 Å². The van der Waals surface area contributed by atoms with Crippen molar-refractivity contribution in [2.45, 2.75) is 12.5 Å². The molecular weight excluding hydrogens is 346 g/mol. The van der Waals surface area contributed by atoms with Gasteiger partial charge in [0.15, 0.2) is 5.82 Å². The molecule has 3 heterocycles. The van der Waals surface area contributed by atoms with Crippen molar-refractivity contribution in [1.29, 1.82) is 0 Å². The average Bonchev–Trinajstić information content (AvgIpc) is 3.44. The van der Waals surface area contributed by atoms with Crippen molar-refractivity contribution in [3.63, 3.8) is 0 Å². The summed E-state index contributed by atoms with van der Waals surface area (Å²) in [5.41, 5.74) is 2.75. The SMILES string of the molecule is O=C(C[C@@H](c1ccsc1)n1cccc1)Nc1cccc(-c2ncn[nH]2)c1. The minimum absolute atomic E-state index is 0.0197. The summed E-state index contributed by atoms with van der Waals surface area (Å²) in [6.45, 7) is 0. The molecule has 0 aliphatic carbocycles. The van der Waals surface area contributed by atoms with Gasteiger partial charge in [-0.2, -0.15) is 16.4 Å². The summed E-state index contributed by atoms with van der Waals surface area (Å²) in [6.07, 6.45) is 5.79. The topological polar surface area (TPSA) is 75.6 Å². The Labute approximate surface area is 154 Å². The molecule has 1 amide bonds. The second-order valence-electron chi connectivity index (χ2n) is 5.87. The van der Waals surface area contributed by atoms with Crippen molar-refractivity contribution in [1.82, 2.24) is 19.7 Å². The smallest absolute Gasteiger partial charge is 0.226 e. The van der Waals surface area contributed by atoms with Gasteiger partial charge in [0.1, 0.15) is 6.33 Å². The third-order valence-corrected chi connectivity index (χ3v) is 4.83. The fourth-order valence-corrected chi connectivity index (χ4v) is 3.60. The van der Waals surface area contributed by atoms with Gasteiger partial charge >= 0.3 is 0 Å². The van der Waals surface area contributed by atoms with E-state index in [9.17, 15) is 4.79 Å². The largest absolute Gasteiger partial charge is 0.346 e. The molecule has 1 aromatic carbocycles.